The SMILES string of the molecule is CC[C@@]1(O)C(=O)OCc2c1cc1n(c2=O)Cc2c-1nc1cc(F)c(C)c3c1c2[C@@H](NC(=O)CCCNC(=O)CCC(=O)[C@H](Cc1ccccc1)NC(=O)CCC(=O)CNC(=O)[C@H](CC(=O)O)CC(=O)[C@H](CC(=O)O)NC(=O)CCCCCN1C(=O)C=CC1=O)CC3. The Hall–Kier alpha value is -9.66. The van der Waals surface area contributed by atoms with Crippen molar-refractivity contribution in [1.82, 2.24) is 41.0 Å². The molecule has 5 heterocycles. The van der Waals surface area contributed by atoms with Crippen LogP contribution >= 0.6 is 0 Å². The molecule has 1 aliphatic carbocycles. The number of carbonyl (C=O) groups is 13. The van der Waals surface area contributed by atoms with Crippen LogP contribution in [0.2, 0.25) is 0 Å². The molecule has 0 saturated carbocycles. The number of amides is 7. The Morgan fingerprint density at radius 3 is 2.13 bits per heavy atom. The number of hydrogen-bond acceptors (Lipinski definition) is 17. The number of aryl methyl sites for hydroxylation is 1. The van der Waals surface area contributed by atoms with Gasteiger partial charge in [0.1, 0.15) is 12.4 Å². The lowest BCUT2D eigenvalue weighted by atomic mass is 9.81. The van der Waals surface area contributed by atoms with Crippen LogP contribution in [-0.2, 0) is 98.7 Å². The van der Waals surface area contributed by atoms with Crippen molar-refractivity contribution >= 4 is 87.5 Å². The fourth-order valence-corrected chi connectivity index (χ4v) is 11.9. The van der Waals surface area contributed by atoms with Crippen molar-refractivity contribution in [3.8, 4) is 11.4 Å². The number of pyridine rings is 2. The van der Waals surface area contributed by atoms with E-state index >= 15 is 4.39 Å². The first kappa shape index (κ1) is 67.3. The van der Waals surface area contributed by atoms with Gasteiger partial charge in [-0.05, 0) is 80.2 Å². The minimum absolute atomic E-state index is 0.0251. The Morgan fingerprint density at radius 2 is 1.43 bits per heavy atom. The number of rotatable bonds is 33. The molecule has 0 fully saturated rings. The second kappa shape index (κ2) is 29.8. The van der Waals surface area contributed by atoms with Crippen LogP contribution in [0, 0.1) is 18.7 Å². The molecule has 2 aromatic heterocycles. The molecule has 8 rings (SSSR count). The third kappa shape index (κ3) is 16.2. The Labute approximate surface area is 520 Å². The van der Waals surface area contributed by atoms with Crippen LogP contribution in [0.15, 0.2) is 59.4 Å². The molecule has 4 aliphatic rings. The van der Waals surface area contributed by atoms with Gasteiger partial charge < -0.3 is 51.2 Å². The summed E-state index contributed by atoms with van der Waals surface area (Å²) < 4.78 is 22.1. The smallest absolute Gasteiger partial charge is 0.343 e. The Morgan fingerprint density at radius 1 is 0.747 bits per heavy atom. The third-order valence-corrected chi connectivity index (χ3v) is 16.8. The summed E-state index contributed by atoms with van der Waals surface area (Å²) >= 11 is 0. The number of Topliss-reactive ketones (excluding diaryl/α,β-unsaturated/α-hetero) is 3. The maximum atomic E-state index is 15.4. The van der Waals surface area contributed by atoms with E-state index < -0.39 is 150 Å². The van der Waals surface area contributed by atoms with Crippen LogP contribution in [0.25, 0.3) is 22.3 Å². The van der Waals surface area contributed by atoms with Gasteiger partial charge in [-0.3, -0.25) is 67.2 Å². The first-order chi connectivity index (χ1) is 43.4. The van der Waals surface area contributed by atoms with Gasteiger partial charge in [0.25, 0.3) is 17.4 Å². The number of fused-ring (bicyclic) bond motifs is 5. The van der Waals surface area contributed by atoms with Crippen molar-refractivity contribution in [2.24, 2.45) is 5.92 Å². The highest BCUT2D eigenvalue weighted by Crippen LogP contribution is 2.46. The third-order valence-electron chi connectivity index (χ3n) is 16.8. The molecule has 4 aromatic rings. The molecule has 91 heavy (non-hydrogen) atoms. The van der Waals surface area contributed by atoms with Crippen LogP contribution in [0.5, 0.6) is 0 Å². The number of aliphatic hydroxyl groups is 1. The number of imide groups is 1. The van der Waals surface area contributed by atoms with E-state index in [2.05, 4.69) is 26.6 Å². The fourth-order valence-electron chi connectivity index (χ4n) is 11.9. The number of carboxylic acid groups (broad SMARTS) is 2. The molecular formula is C64H71FN8O18. The molecule has 0 saturated heterocycles. The van der Waals surface area contributed by atoms with Gasteiger partial charge in [0, 0.05) is 92.8 Å². The Bertz CT molecular complexity index is 3710. The number of cyclic esters (lactones) is 1. The monoisotopic (exact) mass is 1260 g/mol. The van der Waals surface area contributed by atoms with E-state index in [0.29, 0.717) is 70.2 Å². The second-order valence-electron chi connectivity index (χ2n) is 23.1. The highest BCUT2D eigenvalue weighted by Gasteiger charge is 2.46. The summed E-state index contributed by atoms with van der Waals surface area (Å²) in [5.41, 5.74) is 1.86. The van der Waals surface area contributed by atoms with Crippen LogP contribution in [0.1, 0.15) is 148 Å². The number of nitrogens with zero attached hydrogens (tertiary/aromatic N) is 3. The maximum absolute atomic E-state index is 15.4. The highest BCUT2D eigenvalue weighted by atomic mass is 19.1. The summed E-state index contributed by atoms with van der Waals surface area (Å²) in [4.78, 5) is 185. The van der Waals surface area contributed by atoms with Crippen molar-refractivity contribution < 1.29 is 86.8 Å². The lowest BCUT2D eigenvalue weighted by molar-refractivity contribution is -0.172. The second-order valence-corrected chi connectivity index (χ2v) is 23.1. The lowest BCUT2D eigenvalue weighted by Gasteiger charge is -2.31. The van der Waals surface area contributed by atoms with E-state index in [1.165, 1.54) is 10.6 Å². The van der Waals surface area contributed by atoms with Crippen molar-refractivity contribution in [2.45, 2.75) is 160 Å². The van der Waals surface area contributed by atoms with E-state index in [0.717, 1.165) is 22.6 Å². The maximum Gasteiger partial charge on any atom is 0.343 e. The molecule has 7 amide bonds. The van der Waals surface area contributed by atoms with E-state index in [1.807, 2.05) is 0 Å². The molecule has 2 aromatic carbocycles. The largest absolute Gasteiger partial charge is 0.481 e. The average molecular weight is 1260 g/mol. The lowest BCUT2D eigenvalue weighted by Crippen LogP contribution is -2.44. The molecular weight excluding hydrogens is 1190 g/mol. The zero-order valence-corrected chi connectivity index (χ0v) is 50.2. The van der Waals surface area contributed by atoms with Crippen molar-refractivity contribution in [1.29, 1.82) is 0 Å². The number of unbranched alkanes of at least 4 members (excludes halogenated alkanes) is 2. The van der Waals surface area contributed by atoms with Crippen molar-refractivity contribution in [3.63, 3.8) is 0 Å². The first-order valence-electron chi connectivity index (χ1n) is 30.2. The number of aromatic nitrogens is 2. The highest BCUT2D eigenvalue weighted by molar-refractivity contribution is 6.13. The molecule has 0 unspecified atom stereocenters. The summed E-state index contributed by atoms with van der Waals surface area (Å²) in [6.45, 7) is 2.48. The topological polar surface area (TPSA) is 390 Å². The molecule has 27 heteroatoms. The van der Waals surface area contributed by atoms with E-state index in [9.17, 15) is 82.4 Å². The quantitative estimate of drug-likeness (QED) is 0.0170. The summed E-state index contributed by atoms with van der Waals surface area (Å²) in [6.07, 6.45) is 0.0324. The number of nitrogens with one attached hydrogen (secondary N) is 5. The van der Waals surface area contributed by atoms with Crippen LogP contribution in [0.3, 0.4) is 0 Å². The zero-order valence-electron chi connectivity index (χ0n) is 50.2. The van der Waals surface area contributed by atoms with Gasteiger partial charge in [-0.15, -0.1) is 0 Å². The number of ketones is 3. The van der Waals surface area contributed by atoms with Gasteiger partial charge in [0.15, 0.2) is 23.0 Å². The fraction of sp³-hybridized carbons (Fsp3) is 0.453. The number of aliphatic carboxylic acids is 2. The number of hydrogen-bond donors (Lipinski definition) is 8. The van der Waals surface area contributed by atoms with E-state index in [-0.39, 0.29) is 94.6 Å². The van der Waals surface area contributed by atoms with Gasteiger partial charge in [0.05, 0.1) is 72.4 Å². The van der Waals surface area contributed by atoms with Gasteiger partial charge in [-0.25, -0.2) is 14.2 Å². The van der Waals surface area contributed by atoms with Gasteiger partial charge in [-0.2, -0.15) is 0 Å². The van der Waals surface area contributed by atoms with Crippen molar-refractivity contribution in [3.05, 3.63) is 110 Å². The van der Waals surface area contributed by atoms with E-state index in [4.69, 9.17) is 9.72 Å². The van der Waals surface area contributed by atoms with Gasteiger partial charge in [-0.1, -0.05) is 43.7 Å². The molecule has 0 radical (unpaired) electrons. The number of carboxylic acids is 2. The molecule has 3 aliphatic heterocycles. The zero-order chi connectivity index (χ0) is 65.8. The summed E-state index contributed by atoms with van der Waals surface area (Å²) in [6, 6.07) is 8.20. The van der Waals surface area contributed by atoms with Crippen LogP contribution < -0.4 is 32.1 Å². The summed E-state index contributed by atoms with van der Waals surface area (Å²) in [5.74, 6) is -12.3. The molecule has 5 atom stereocenters. The standard InChI is InChI=1S/C64H71FN8O18/c1-3-64(90)41-28-47-60-39(32-73(47)62(88)40(41)33-91-63(64)89)59-43(17-16-38-34(2)42(65)29-46(71-60)58(38)59)68-52(79)14-10-23-66-50(77)20-18-48(75)44(25-35-11-6-4-7-12-35)69-53(80)19-15-37(74)31-67-61(87)36(27-56(83)84)26-49(76)45(30-57(85)86)70-51(78)13-8-5-9-24-72-54(81)21-22-55(72)82/h4,6-7,11-12,21-22,28-29,36,43-45,90H,3,5,8-10,13-20,23-27,30-33H2,1-2H3,(H,66,77)(H,67,87)(H,68,79)(H,69,80)(H,70,78)(H,83,84)(H,85,86)/t36-,43-,44-,45-,64-/m0/s1. The predicted molar refractivity (Wildman–Crippen MR) is 318 cm³/mol. The number of ether oxygens (including phenoxy) is 1. The van der Waals surface area contributed by atoms with Crippen LogP contribution in [0.4, 0.5) is 4.39 Å². The molecule has 0 spiro atoms. The molecule has 0 bridgehead atoms. The van der Waals surface area contributed by atoms with Crippen molar-refractivity contribution in [2.75, 3.05) is 19.6 Å². The summed E-state index contributed by atoms with van der Waals surface area (Å²) in [7, 11) is 0. The van der Waals surface area contributed by atoms with Gasteiger partial charge in [0.2, 0.25) is 29.5 Å². The number of halogens is 1. The Kier molecular flexibility index (Phi) is 22.0. The number of benzene rings is 2. The molecule has 26 nitrogen and oxygen atoms in total. The number of esters is 1. The minimum atomic E-state index is -2.06. The average Bonchev–Trinajstić information content (AvgIpc) is 1.64. The summed E-state index contributed by atoms with van der Waals surface area (Å²) in [5, 5.41) is 44.1. The normalized spacial score (nSPS) is 17.0. The Balaban J connectivity index is 0.792. The van der Waals surface area contributed by atoms with Crippen LogP contribution in [-0.4, -0.2) is 138 Å². The molecule has 482 valence electrons. The number of carbonyl (C=O) groups excluding carboxylic acids is 11. The minimum Gasteiger partial charge on any atom is -0.481 e. The van der Waals surface area contributed by atoms with Gasteiger partial charge >= 0.3 is 17.9 Å². The first-order valence-corrected chi connectivity index (χ1v) is 30.2. The predicted octanol–water partition coefficient (Wildman–Crippen LogP) is 2.56. The van der Waals surface area contributed by atoms with E-state index in [1.54, 1.807) is 50.2 Å². The molecule has 8 N–H and O–H groups in total.